The van der Waals surface area contributed by atoms with E-state index in [1.807, 2.05) is 4.90 Å². The van der Waals surface area contributed by atoms with E-state index in [1.54, 1.807) is 18.5 Å². The Balaban J connectivity index is 2.24. The van der Waals surface area contributed by atoms with Crippen molar-refractivity contribution in [2.45, 2.75) is 18.9 Å². The number of likely N-dealkylation sites (tertiary alicyclic amines) is 1. The standard InChI is InChI=1S/C12H17N3O2/c1-17-11-8-14-5-4-10(11)12(16)15-6-2-3-9(15)7-13/h4-5,8-9H,2-3,6-7,13H2,1H3. The van der Waals surface area contributed by atoms with Crippen LogP contribution >= 0.6 is 0 Å². The molecule has 2 rings (SSSR count). The molecule has 1 aromatic rings. The Hall–Kier alpha value is -1.62. The maximum Gasteiger partial charge on any atom is 0.258 e. The lowest BCUT2D eigenvalue weighted by Gasteiger charge is -2.24. The number of pyridine rings is 1. The molecule has 0 radical (unpaired) electrons. The minimum Gasteiger partial charge on any atom is -0.494 e. The average Bonchev–Trinajstić information content (AvgIpc) is 2.86. The molecule has 1 saturated heterocycles. The van der Waals surface area contributed by atoms with Crippen LogP contribution in [0.1, 0.15) is 23.2 Å². The molecule has 0 bridgehead atoms. The van der Waals surface area contributed by atoms with Crippen molar-refractivity contribution in [3.63, 3.8) is 0 Å². The lowest BCUT2D eigenvalue weighted by Crippen LogP contribution is -2.40. The van der Waals surface area contributed by atoms with Gasteiger partial charge in [0.25, 0.3) is 5.91 Å². The third-order valence-corrected chi connectivity index (χ3v) is 3.14. The molecular weight excluding hydrogens is 218 g/mol. The van der Waals surface area contributed by atoms with Crippen molar-refractivity contribution in [2.75, 3.05) is 20.2 Å². The van der Waals surface area contributed by atoms with Gasteiger partial charge >= 0.3 is 0 Å². The van der Waals surface area contributed by atoms with Crippen molar-refractivity contribution < 1.29 is 9.53 Å². The number of nitrogens with two attached hydrogens (primary N) is 1. The number of nitrogens with zero attached hydrogens (tertiary/aromatic N) is 2. The second kappa shape index (κ2) is 5.14. The molecule has 2 N–H and O–H groups in total. The lowest BCUT2D eigenvalue weighted by atomic mass is 10.2. The number of carbonyl (C=O) groups excluding carboxylic acids is 1. The van der Waals surface area contributed by atoms with Gasteiger partial charge in [-0.2, -0.15) is 0 Å². The largest absolute Gasteiger partial charge is 0.494 e. The van der Waals surface area contributed by atoms with Gasteiger partial charge in [0.15, 0.2) is 0 Å². The minimum absolute atomic E-state index is 0.0165. The van der Waals surface area contributed by atoms with E-state index in [0.29, 0.717) is 17.9 Å². The van der Waals surface area contributed by atoms with E-state index in [0.717, 1.165) is 19.4 Å². The smallest absolute Gasteiger partial charge is 0.258 e. The van der Waals surface area contributed by atoms with Gasteiger partial charge in [0.05, 0.1) is 18.9 Å². The zero-order chi connectivity index (χ0) is 12.3. The molecule has 1 aliphatic heterocycles. The van der Waals surface area contributed by atoms with Crippen LogP contribution in [-0.4, -0.2) is 42.0 Å². The predicted octanol–water partition coefficient (Wildman–Crippen LogP) is 0.654. The number of amides is 1. The first-order valence-corrected chi connectivity index (χ1v) is 5.77. The van der Waals surface area contributed by atoms with Crippen LogP contribution in [0.4, 0.5) is 0 Å². The number of methoxy groups -OCH3 is 1. The van der Waals surface area contributed by atoms with Crippen LogP contribution in [-0.2, 0) is 0 Å². The topological polar surface area (TPSA) is 68.5 Å². The van der Waals surface area contributed by atoms with Crippen molar-refractivity contribution in [3.8, 4) is 5.75 Å². The van der Waals surface area contributed by atoms with Crippen molar-refractivity contribution in [2.24, 2.45) is 5.73 Å². The Kier molecular flexibility index (Phi) is 3.58. The Labute approximate surface area is 101 Å². The van der Waals surface area contributed by atoms with Crippen LogP contribution < -0.4 is 10.5 Å². The molecule has 0 aromatic carbocycles. The molecule has 1 atom stereocenters. The summed E-state index contributed by atoms with van der Waals surface area (Å²) in [7, 11) is 1.54. The van der Waals surface area contributed by atoms with Gasteiger partial charge in [-0.1, -0.05) is 0 Å². The van der Waals surface area contributed by atoms with Crippen molar-refractivity contribution in [3.05, 3.63) is 24.0 Å². The maximum atomic E-state index is 12.4. The van der Waals surface area contributed by atoms with Gasteiger partial charge in [0.2, 0.25) is 0 Å². The molecule has 0 aliphatic carbocycles. The normalized spacial score (nSPS) is 19.4. The van der Waals surface area contributed by atoms with Gasteiger partial charge in [0.1, 0.15) is 5.75 Å². The minimum atomic E-state index is -0.0165. The molecule has 5 nitrogen and oxygen atoms in total. The molecule has 1 fully saturated rings. The quantitative estimate of drug-likeness (QED) is 0.835. The molecule has 17 heavy (non-hydrogen) atoms. The fourth-order valence-electron chi connectivity index (χ4n) is 2.22. The summed E-state index contributed by atoms with van der Waals surface area (Å²) in [6.45, 7) is 1.28. The fraction of sp³-hybridized carbons (Fsp3) is 0.500. The first-order chi connectivity index (χ1) is 8.27. The predicted molar refractivity (Wildman–Crippen MR) is 63.9 cm³/mol. The molecule has 0 spiro atoms. The number of rotatable bonds is 3. The summed E-state index contributed by atoms with van der Waals surface area (Å²) in [4.78, 5) is 18.1. The van der Waals surface area contributed by atoms with E-state index in [1.165, 1.54) is 7.11 Å². The summed E-state index contributed by atoms with van der Waals surface area (Å²) < 4.78 is 5.15. The molecule has 1 aliphatic rings. The van der Waals surface area contributed by atoms with Crippen molar-refractivity contribution in [1.29, 1.82) is 0 Å². The van der Waals surface area contributed by atoms with Gasteiger partial charge in [-0.25, -0.2) is 0 Å². The molecule has 2 heterocycles. The van der Waals surface area contributed by atoms with Gasteiger partial charge in [-0.3, -0.25) is 9.78 Å². The van der Waals surface area contributed by atoms with E-state index in [-0.39, 0.29) is 11.9 Å². The number of ether oxygens (including phenoxy) is 1. The van der Waals surface area contributed by atoms with Gasteiger partial charge in [0, 0.05) is 25.3 Å². The van der Waals surface area contributed by atoms with Gasteiger partial charge in [-0.05, 0) is 18.9 Å². The average molecular weight is 235 g/mol. The number of hydrogen-bond acceptors (Lipinski definition) is 4. The van der Waals surface area contributed by atoms with Crippen molar-refractivity contribution in [1.82, 2.24) is 9.88 Å². The molecule has 1 aromatic heterocycles. The highest BCUT2D eigenvalue weighted by Crippen LogP contribution is 2.23. The monoisotopic (exact) mass is 235 g/mol. The summed E-state index contributed by atoms with van der Waals surface area (Å²) in [6, 6.07) is 1.84. The zero-order valence-electron chi connectivity index (χ0n) is 9.93. The first-order valence-electron chi connectivity index (χ1n) is 5.77. The van der Waals surface area contributed by atoms with E-state index in [4.69, 9.17) is 10.5 Å². The molecule has 1 amide bonds. The van der Waals surface area contributed by atoms with Gasteiger partial charge < -0.3 is 15.4 Å². The van der Waals surface area contributed by atoms with Crippen LogP contribution in [0.15, 0.2) is 18.5 Å². The molecule has 1 unspecified atom stereocenters. The van der Waals surface area contributed by atoms with Crippen LogP contribution in [0.5, 0.6) is 5.75 Å². The lowest BCUT2D eigenvalue weighted by molar-refractivity contribution is 0.0737. The third-order valence-electron chi connectivity index (χ3n) is 3.14. The zero-order valence-corrected chi connectivity index (χ0v) is 9.93. The Morgan fingerprint density at radius 1 is 1.71 bits per heavy atom. The Morgan fingerprint density at radius 3 is 3.24 bits per heavy atom. The fourth-order valence-corrected chi connectivity index (χ4v) is 2.22. The number of carbonyl (C=O) groups is 1. The highest BCUT2D eigenvalue weighted by molar-refractivity contribution is 5.97. The summed E-state index contributed by atoms with van der Waals surface area (Å²) >= 11 is 0. The molecule has 5 heteroatoms. The van der Waals surface area contributed by atoms with Crippen LogP contribution in [0.3, 0.4) is 0 Å². The van der Waals surface area contributed by atoms with E-state index >= 15 is 0 Å². The maximum absolute atomic E-state index is 12.4. The van der Waals surface area contributed by atoms with Crippen LogP contribution in [0, 0.1) is 0 Å². The van der Waals surface area contributed by atoms with Crippen LogP contribution in [0.2, 0.25) is 0 Å². The Bertz CT molecular complexity index is 408. The summed E-state index contributed by atoms with van der Waals surface area (Å²) in [5.41, 5.74) is 6.23. The molecule has 92 valence electrons. The summed E-state index contributed by atoms with van der Waals surface area (Å²) in [5.74, 6) is 0.498. The van der Waals surface area contributed by atoms with Gasteiger partial charge in [-0.15, -0.1) is 0 Å². The highest BCUT2D eigenvalue weighted by atomic mass is 16.5. The van der Waals surface area contributed by atoms with E-state index in [2.05, 4.69) is 4.98 Å². The SMILES string of the molecule is COc1cnccc1C(=O)N1CCCC1CN. The molecule has 0 saturated carbocycles. The second-order valence-electron chi connectivity index (χ2n) is 4.11. The summed E-state index contributed by atoms with van der Waals surface area (Å²) in [6.07, 6.45) is 5.15. The number of hydrogen-bond donors (Lipinski definition) is 1. The Morgan fingerprint density at radius 2 is 2.53 bits per heavy atom. The second-order valence-corrected chi connectivity index (χ2v) is 4.11. The van der Waals surface area contributed by atoms with E-state index in [9.17, 15) is 4.79 Å². The molecular formula is C12H17N3O2. The van der Waals surface area contributed by atoms with E-state index < -0.39 is 0 Å². The van der Waals surface area contributed by atoms with Crippen molar-refractivity contribution >= 4 is 5.91 Å². The van der Waals surface area contributed by atoms with Crippen LogP contribution in [0.25, 0.3) is 0 Å². The first kappa shape index (κ1) is 11.9. The third kappa shape index (κ3) is 2.24. The number of aromatic nitrogens is 1. The highest BCUT2D eigenvalue weighted by Gasteiger charge is 2.29. The summed E-state index contributed by atoms with van der Waals surface area (Å²) in [5, 5.41) is 0.